The van der Waals surface area contributed by atoms with Crippen molar-refractivity contribution in [1.29, 1.82) is 0 Å². The minimum atomic E-state index is 0.109. The van der Waals surface area contributed by atoms with Crippen molar-refractivity contribution in [1.82, 2.24) is 0 Å². The Hall–Kier alpha value is -1.64. The Morgan fingerprint density at radius 1 is 1.03 bits per heavy atom. The van der Waals surface area contributed by atoms with Crippen LogP contribution in [0.4, 0.5) is 0 Å². The summed E-state index contributed by atoms with van der Waals surface area (Å²) in [5, 5.41) is 0. The Bertz CT molecular complexity index is 877. The smallest absolute Gasteiger partial charge is 0.0203 e. The molecular weight excluding hydrogens is 400 g/mol. The van der Waals surface area contributed by atoms with E-state index in [0.29, 0.717) is 0 Å². The van der Waals surface area contributed by atoms with E-state index in [1.807, 2.05) is 19.1 Å². The predicted octanol–water partition coefficient (Wildman–Crippen LogP) is 8.85. The second kappa shape index (κ2) is 10.6. The molecule has 0 amide bonds. The molecule has 0 heterocycles. The van der Waals surface area contributed by atoms with Crippen molar-refractivity contribution >= 4 is 24.4 Å². The number of hydrogen-bond donors (Lipinski definition) is 1. The SMILES string of the molecule is C=C/C(=C\C=C/C)Sc1ccc(C2(c3ccc(S)cc3)CCC(C(C)C)CC2)cc1. The van der Waals surface area contributed by atoms with Crippen LogP contribution in [0.15, 0.2) is 94.1 Å². The maximum atomic E-state index is 4.51. The third-order valence-corrected chi connectivity index (χ3v) is 7.89. The third-order valence-electron chi connectivity index (χ3n) is 6.54. The van der Waals surface area contributed by atoms with Crippen LogP contribution in [0, 0.1) is 11.8 Å². The van der Waals surface area contributed by atoms with Gasteiger partial charge in [0.15, 0.2) is 0 Å². The molecule has 30 heavy (non-hydrogen) atoms. The first-order valence-electron chi connectivity index (χ1n) is 11.0. The van der Waals surface area contributed by atoms with Crippen molar-refractivity contribution in [3.63, 3.8) is 0 Å². The number of thioether (sulfide) groups is 1. The Morgan fingerprint density at radius 2 is 1.60 bits per heavy atom. The largest absolute Gasteiger partial charge is 0.143 e. The molecule has 0 N–H and O–H groups in total. The first-order chi connectivity index (χ1) is 14.5. The van der Waals surface area contributed by atoms with Crippen molar-refractivity contribution in [3.8, 4) is 0 Å². The minimum absolute atomic E-state index is 0.109. The summed E-state index contributed by atoms with van der Waals surface area (Å²) < 4.78 is 0. The zero-order valence-electron chi connectivity index (χ0n) is 18.5. The summed E-state index contributed by atoms with van der Waals surface area (Å²) in [6.45, 7) is 10.7. The molecule has 0 saturated heterocycles. The zero-order valence-corrected chi connectivity index (χ0v) is 20.2. The van der Waals surface area contributed by atoms with Crippen LogP contribution in [-0.2, 0) is 5.41 Å². The van der Waals surface area contributed by atoms with Gasteiger partial charge in [-0.2, -0.15) is 0 Å². The van der Waals surface area contributed by atoms with E-state index in [-0.39, 0.29) is 5.41 Å². The van der Waals surface area contributed by atoms with E-state index in [1.54, 1.807) is 11.8 Å². The number of rotatable bonds is 7. The lowest BCUT2D eigenvalue weighted by Crippen LogP contribution is -2.34. The molecule has 0 spiro atoms. The molecule has 2 aromatic rings. The van der Waals surface area contributed by atoms with Gasteiger partial charge in [-0.3, -0.25) is 0 Å². The van der Waals surface area contributed by atoms with E-state index < -0.39 is 0 Å². The Kier molecular flexibility index (Phi) is 8.13. The number of benzene rings is 2. The summed E-state index contributed by atoms with van der Waals surface area (Å²) in [5.41, 5.74) is 2.99. The van der Waals surface area contributed by atoms with Gasteiger partial charge in [0.25, 0.3) is 0 Å². The summed E-state index contributed by atoms with van der Waals surface area (Å²) >= 11 is 6.28. The van der Waals surface area contributed by atoms with E-state index in [9.17, 15) is 0 Å². The van der Waals surface area contributed by atoms with Gasteiger partial charge in [0.1, 0.15) is 0 Å². The predicted molar refractivity (Wildman–Crippen MR) is 137 cm³/mol. The zero-order chi connectivity index (χ0) is 21.6. The lowest BCUT2D eigenvalue weighted by Gasteiger charge is -2.42. The summed E-state index contributed by atoms with van der Waals surface area (Å²) in [7, 11) is 0. The van der Waals surface area contributed by atoms with E-state index in [0.717, 1.165) is 21.6 Å². The number of allylic oxidation sites excluding steroid dienone is 4. The fourth-order valence-electron chi connectivity index (χ4n) is 4.64. The van der Waals surface area contributed by atoms with Gasteiger partial charge in [-0.15, -0.1) is 12.6 Å². The van der Waals surface area contributed by atoms with Gasteiger partial charge in [0, 0.05) is 20.1 Å². The average molecular weight is 435 g/mol. The monoisotopic (exact) mass is 434 g/mol. The Balaban J connectivity index is 1.91. The van der Waals surface area contributed by atoms with Crippen molar-refractivity contribution in [2.45, 2.75) is 61.7 Å². The fourth-order valence-corrected chi connectivity index (χ4v) is 5.56. The van der Waals surface area contributed by atoms with Gasteiger partial charge >= 0.3 is 0 Å². The third kappa shape index (κ3) is 5.34. The van der Waals surface area contributed by atoms with Crippen molar-refractivity contribution in [3.05, 3.63) is 95.4 Å². The molecule has 2 aromatic carbocycles. The molecule has 2 heteroatoms. The van der Waals surface area contributed by atoms with Crippen LogP contribution in [0.25, 0.3) is 0 Å². The molecular formula is C28H34S2. The van der Waals surface area contributed by atoms with E-state index in [4.69, 9.17) is 0 Å². The molecule has 1 saturated carbocycles. The highest BCUT2D eigenvalue weighted by Gasteiger charge is 2.38. The molecule has 1 fully saturated rings. The highest BCUT2D eigenvalue weighted by molar-refractivity contribution is 8.03. The molecule has 1 aliphatic carbocycles. The molecule has 0 aromatic heterocycles. The van der Waals surface area contributed by atoms with Gasteiger partial charge in [0.05, 0.1) is 0 Å². The van der Waals surface area contributed by atoms with Crippen molar-refractivity contribution in [2.75, 3.05) is 0 Å². The molecule has 0 radical (unpaired) electrons. The van der Waals surface area contributed by atoms with Crippen LogP contribution in [0.2, 0.25) is 0 Å². The normalized spacial score (nSPS) is 22.6. The molecule has 0 aliphatic heterocycles. The maximum Gasteiger partial charge on any atom is 0.0203 e. The highest BCUT2D eigenvalue weighted by Crippen LogP contribution is 2.48. The molecule has 158 valence electrons. The van der Waals surface area contributed by atoms with Crippen molar-refractivity contribution in [2.24, 2.45) is 11.8 Å². The molecule has 0 bridgehead atoms. The molecule has 0 nitrogen and oxygen atoms in total. The molecule has 0 unspecified atom stereocenters. The van der Waals surface area contributed by atoms with E-state index in [1.165, 1.54) is 41.7 Å². The lowest BCUT2D eigenvalue weighted by atomic mass is 9.62. The summed E-state index contributed by atoms with van der Waals surface area (Å²) in [6.07, 6.45) is 13.2. The van der Waals surface area contributed by atoms with Gasteiger partial charge in [0.2, 0.25) is 0 Å². The van der Waals surface area contributed by atoms with Crippen molar-refractivity contribution < 1.29 is 0 Å². The topological polar surface area (TPSA) is 0 Å². The quantitative estimate of drug-likeness (QED) is 0.258. The first kappa shape index (κ1) is 23.0. The van der Waals surface area contributed by atoms with Gasteiger partial charge < -0.3 is 0 Å². The van der Waals surface area contributed by atoms with Crippen LogP contribution in [0.1, 0.15) is 57.6 Å². The lowest BCUT2D eigenvalue weighted by molar-refractivity contribution is 0.217. The van der Waals surface area contributed by atoms with Crippen LogP contribution < -0.4 is 0 Å². The molecule has 1 aliphatic rings. The summed E-state index contributed by atoms with van der Waals surface area (Å²) in [4.78, 5) is 3.45. The van der Waals surface area contributed by atoms with Crippen LogP contribution >= 0.6 is 24.4 Å². The first-order valence-corrected chi connectivity index (χ1v) is 12.3. The Labute approximate surface area is 193 Å². The van der Waals surface area contributed by atoms with E-state index >= 15 is 0 Å². The summed E-state index contributed by atoms with van der Waals surface area (Å²) in [6, 6.07) is 18.1. The average Bonchev–Trinajstić information content (AvgIpc) is 2.77. The standard InChI is InChI=1S/C28H34S2/c1-5-7-8-26(6-2)30-27-15-11-24(12-16-27)28(23-9-13-25(29)14-10-23)19-17-22(18-20-28)21(3)4/h5-16,21-22,29H,2,17-20H2,1,3-4H3/b7-5-,26-8+. The number of thiol groups is 1. The molecule has 0 atom stereocenters. The molecule has 3 rings (SSSR count). The number of hydrogen-bond acceptors (Lipinski definition) is 2. The second-order valence-electron chi connectivity index (χ2n) is 8.64. The maximum absolute atomic E-state index is 4.51. The minimum Gasteiger partial charge on any atom is -0.143 e. The van der Waals surface area contributed by atoms with Gasteiger partial charge in [-0.05, 0) is 85.9 Å². The Morgan fingerprint density at radius 3 is 2.10 bits per heavy atom. The van der Waals surface area contributed by atoms with Gasteiger partial charge in [-0.25, -0.2) is 0 Å². The fraction of sp³-hybridized carbons (Fsp3) is 0.357. The summed E-state index contributed by atoms with van der Waals surface area (Å²) in [5.74, 6) is 1.60. The second-order valence-corrected chi connectivity index (χ2v) is 10.3. The van der Waals surface area contributed by atoms with Crippen LogP contribution in [-0.4, -0.2) is 0 Å². The highest BCUT2D eigenvalue weighted by atomic mass is 32.2. The van der Waals surface area contributed by atoms with Crippen LogP contribution in [0.5, 0.6) is 0 Å². The van der Waals surface area contributed by atoms with Crippen LogP contribution in [0.3, 0.4) is 0 Å². The van der Waals surface area contributed by atoms with Gasteiger partial charge in [-0.1, -0.05) is 74.7 Å². The van der Waals surface area contributed by atoms with E-state index in [2.05, 4.69) is 93.7 Å².